The standard InChI is InChI=1S/C7H6.C5H8.CH4.4CH3.4ClH.2Ru/c1-7-5-3-2-4-6-7;1-4-5(2)3;;;;;;;;;;;/h1-6H;1,4H,2-3H3;1H4;4*1H3;4*1H;;/q;;;4*-1;;;;;2*+2/p-4. The predicted molar refractivity (Wildman–Crippen MR) is 113 cm³/mol. The van der Waals surface area contributed by atoms with Crippen molar-refractivity contribution in [3.8, 4) is 0 Å². The Balaban J connectivity index is -0.0000000525. The average molecular weight is 578 g/mol. The molecule has 0 atom stereocenters. The van der Waals surface area contributed by atoms with Crippen LogP contribution in [0.3, 0.4) is 0 Å². The second-order valence-electron chi connectivity index (χ2n) is 3.28. The second kappa shape index (κ2) is 25.3. The molecule has 1 aromatic carbocycles. The van der Waals surface area contributed by atoms with Crippen LogP contribution in [0.1, 0.15) is 26.8 Å². The van der Waals surface area contributed by atoms with Crippen molar-refractivity contribution in [2.45, 2.75) is 21.3 Å². The van der Waals surface area contributed by atoms with Crippen molar-refractivity contribution in [1.29, 1.82) is 0 Å². The van der Waals surface area contributed by atoms with Crippen LogP contribution in [-0.4, -0.2) is 9.22 Å². The first-order valence-electron chi connectivity index (χ1n) is 4.76. The molecule has 0 heterocycles. The Kier molecular flexibility index (Phi) is 43.3. The Labute approximate surface area is 172 Å². The van der Waals surface area contributed by atoms with Gasteiger partial charge < -0.3 is 29.7 Å². The van der Waals surface area contributed by atoms with Crippen molar-refractivity contribution in [1.82, 2.24) is 0 Å². The van der Waals surface area contributed by atoms with Crippen molar-refractivity contribution >= 4 is 48.0 Å². The van der Waals surface area contributed by atoms with Crippen molar-refractivity contribution in [3.05, 3.63) is 77.3 Å². The van der Waals surface area contributed by atoms with E-state index in [0.717, 1.165) is 5.56 Å². The maximum atomic E-state index is 5.67. The van der Waals surface area contributed by atoms with Crippen LogP contribution in [0.15, 0.2) is 42.0 Å². The van der Waals surface area contributed by atoms with Gasteiger partial charge in [-0.3, -0.25) is 0 Å². The van der Waals surface area contributed by atoms with Crippen LogP contribution in [0.4, 0.5) is 0 Å². The molecule has 0 aliphatic rings. The van der Waals surface area contributed by atoms with E-state index in [1.807, 2.05) is 59.5 Å². The summed E-state index contributed by atoms with van der Waals surface area (Å²) in [6.45, 7) is 4.03. The third kappa shape index (κ3) is 31.4. The molecule has 0 saturated heterocycles. The zero-order valence-corrected chi connectivity index (χ0v) is 20.3. The molecule has 0 saturated carbocycles. The van der Waals surface area contributed by atoms with Gasteiger partial charge in [-0.2, -0.15) is 0 Å². The maximum absolute atomic E-state index is 5.67. The zero-order chi connectivity index (χ0) is 14.0. The minimum atomic E-state index is -1.61. The van der Waals surface area contributed by atoms with E-state index < -0.39 is 27.0 Å². The van der Waals surface area contributed by atoms with Gasteiger partial charge in [-0.1, -0.05) is 7.43 Å². The molecule has 1 rings (SSSR count). The van der Waals surface area contributed by atoms with Gasteiger partial charge in [0.1, 0.15) is 0 Å². The first-order valence-corrected chi connectivity index (χ1v) is 15.7. The molecule has 146 valence electrons. The topological polar surface area (TPSA) is 0 Å². The molecule has 0 fully saturated rings. The van der Waals surface area contributed by atoms with E-state index in [1.54, 1.807) is 0 Å². The van der Waals surface area contributed by atoms with Crippen molar-refractivity contribution in [2.24, 2.45) is 0 Å². The van der Waals surface area contributed by atoms with Crippen molar-refractivity contribution in [3.63, 3.8) is 0 Å². The second-order valence-corrected chi connectivity index (χ2v) is 14.8. The van der Waals surface area contributed by atoms with Gasteiger partial charge in [0.15, 0.2) is 0 Å². The molecule has 23 heavy (non-hydrogen) atoms. The Hall–Kier alpha value is 1.11. The summed E-state index contributed by atoms with van der Waals surface area (Å²) in [4.78, 5) is 0. The predicted octanol–water partition coefficient (Wildman–Crippen LogP) is 7.88. The fourth-order valence-electron chi connectivity index (χ4n) is 0.773. The number of hydrogen-bond acceptors (Lipinski definition) is 0. The molecule has 0 spiro atoms. The van der Waals surface area contributed by atoms with Crippen LogP contribution in [-0.2, 0) is 27.0 Å². The average Bonchev–Trinajstić information content (AvgIpc) is 2.28. The van der Waals surface area contributed by atoms with E-state index in [0.29, 0.717) is 0 Å². The van der Waals surface area contributed by atoms with Crippen molar-refractivity contribution < 1.29 is 27.0 Å². The Morgan fingerprint density at radius 3 is 1.52 bits per heavy atom. The van der Waals surface area contributed by atoms with Crippen LogP contribution in [0.5, 0.6) is 0 Å². The van der Waals surface area contributed by atoms with Crippen LogP contribution >= 0.6 is 38.8 Å². The van der Waals surface area contributed by atoms with Crippen LogP contribution < -0.4 is 0 Å². The van der Waals surface area contributed by atoms with Gasteiger partial charge in [-0.15, -0.1) is 0 Å². The fraction of sp³-hybridized carbons (Fsp3) is 0.176. The molecule has 0 aliphatic heterocycles. The molecule has 0 unspecified atom stereocenters. The van der Waals surface area contributed by atoms with Gasteiger partial charge in [0.05, 0.1) is 0 Å². The number of benzene rings is 1. The zero-order valence-electron chi connectivity index (χ0n) is 13.8. The van der Waals surface area contributed by atoms with Gasteiger partial charge in [0.2, 0.25) is 0 Å². The summed E-state index contributed by atoms with van der Waals surface area (Å²) >= 11 is -3.13. The van der Waals surface area contributed by atoms with E-state index in [4.69, 9.17) is 38.8 Å². The van der Waals surface area contributed by atoms with Crippen LogP contribution in [0.25, 0.3) is 0 Å². The van der Waals surface area contributed by atoms with Gasteiger partial charge in [0.25, 0.3) is 0 Å². The molecule has 0 radical (unpaired) electrons. The fourth-order valence-corrected chi connectivity index (χ4v) is 3.92. The number of hydrogen-bond donors (Lipinski definition) is 0. The first kappa shape index (κ1) is 39.3. The quantitative estimate of drug-likeness (QED) is 0.248. The molecular formula is C17H30Cl4Ru2-4. The summed E-state index contributed by atoms with van der Waals surface area (Å²) in [5, 5.41) is 0. The molecule has 0 bridgehead atoms. The molecular weight excluding hydrogens is 548 g/mol. The number of allylic oxidation sites excluding steroid dienone is 2. The Morgan fingerprint density at radius 2 is 1.26 bits per heavy atom. The molecule has 6 heteroatoms. The summed E-state index contributed by atoms with van der Waals surface area (Å²) in [6.07, 6.45) is 1.96. The van der Waals surface area contributed by atoms with E-state index in [2.05, 4.69) is 0 Å². The molecule has 0 nitrogen and oxygen atoms in total. The molecule has 0 aromatic heterocycles. The minimum absolute atomic E-state index is 0. The van der Waals surface area contributed by atoms with Gasteiger partial charge in [0, 0.05) is 0 Å². The monoisotopic (exact) mass is 578 g/mol. The first-order chi connectivity index (χ1) is 8.41. The van der Waals surface area contributed by atoms with Crippen molar-refractivity contribution in [2.75, 3.05) is 0 Å². The van der Waals surface area contributed by atoms with Gasteiger partial charge >= 0.3 is 136 Å². The molecule has 0 amide bonds. The SMILES string of the molecule is C.CC(C)=C[CH]=[Ru]([Cl])[Cl].[CH3-].[CH3-].[CH3-].[CH3-].[Cl][Ru]([Cl])=[CH]c1ccccc1. The summed E-state index contributed by atoms with van der Waals surface area (Å²) in [5.74, 6) is 0. The Bertz CT molecular complexity index is 413. The van der Waals surface area contributed by atoms with E-state index in [1.165, 1.54) is 5.57 Å². The normalized spacial score (nSPS) is 8.26. The number of rotatable bonds is 2. The third-order valence-electron chi connectivity index (χ3n) is 1.48. The van der Waals surface area contributed by atoms with Gasteiger partial charge in [-0.05, 0) is 0 Å². The van der Waals surface area contributed by atoms with E-state index >= 15 is 0 Å². The summed E-state index contributed by atoms with van der Waals surface area (Å²) < 4.78 is 3.80. The summed E-state index contributed by atoms with van der Waals surface area (Å²) in [5.41, 5.74) is 2.36. The van der Waals surface area contributed by atoms with Crippen LogP contribution in [0, 0.1) is 29.7 Å². The molecule has 1 aromatic rings. The molecule has 0 N–H and O–H groups in total. The number of halogens is 4. The Morgan fingerprint density at radius 1 is 0.826 bits per heavy atom. The van der Waals surface area contributed by atoms with Gasteiger partial charge in [-0.25, -0.2) is 0 Å². The summed E-state index contributed by atoms with van der Waals surface area (Å²) in [7, 11) is 22.4. The third-order valence-corrected chi connectivity index (χ3v) is 5.13. The van der Waals surface area contributed by atoms with Crippen LogP contribution in [0.2, 0.25) is 0 Å². The summed E-state index contributed by atoms with van der Waals surface area (Å²) in [6, 6.07) is 9.89. The van der Waals surface area contributed by atoms with E-state index in [-0.39, 0.29) is 37.1 Å². The van der Waals surface area contributed by atoms with E-state index in [9.17, 15) is 0 Å². The molecule has 0 aliphatic carbocycles.